The van der Waals surface area contributed by atoms with E-state index in [4.69, 9.17) is 10.6 Å². The number of hydrazine groups is 1. The lowest BCUT2D eigenvalue weighted by Crippen LogP contribution is -2.29. The molecule has 0 fully saturated rings. The summed E-state index contributed by atoms with van der Waals surface area (Å²) in [6.45, 7) is 0. The minimum atomic E-state index is -0.329. The molecule has 11 heteroatoms. The summed E-state index contributed by atoms with van der Waals surface area (Å²) < 4.78 is 6.68. The number of amides is 1. The summed E-state index contributed by atoms with van der Waals surface area (Å²) in [7, 11) is 1.39. The molecule has 5 N–H and O–H groups in total. The Balaban J connectivity index is 0.000000162. The Hall–Kier alpha value is -6.40. The molecule has 0 spiro atoms. The number of anilines is 4. The summed E-state index contributed by atoms with van der Waals surface area (Å²) in [5.41, 5.74) is 10.5. The van der Waals surface area contributed by atoms with E-state index in [0.29, 0.717) is 9.75 Å². The highest BCUT2D eigenvalue weighted by molar-refractivity contribution is 7.21. The highest BCUT2D eigenvalue weighted by Gasteiger charge is 2.14. The van der Waals surface area contributed by atoms with Crippen LogP contribution in [0.3, 0.4) is 0 Å². The number of hydrogen-bond donors (Lipinski definition) is 4. The third kappa shape index (κ3) is 7.67. The molecule has 4 heterocycles. The number of hydrogen-bond acceptors (Lipinski definition) is 10. The number of esters is 1. The zero-order valence-electron chi connectivity index (χ0n) is 27.9. The Morgan fingerprint density at radius 2 is 1.00 bits per heavy atom. The number of rotatable bonds is 8. The molecule has 8 aromatic rings. The average Bonchev–Trinajstić information content (AvgIpc) is 3.85. The van der Waals surface area contributed by atoms with Crippen LogP contribution in [0.1, 0.15) is 19.3 Å². The minimum absolute atomic E-state index is 0.302. The topological polar surface area (TPSA) is 131 Å². The van der Waals surface area contributed by atoms with Gasteiger partial charge in [-0.05, 0) is 58.7 Å². The molecule has 1 amide bonds. The Bertz CT molecular complexity index is 2290. The number of methoxy groups -OCH3 is 1. The smallest absolute Gasteiger partial charge is 0.348 e. The molecule has 0 atom stereocenters. The van der Waals surface area contributed by atoms with Crippen molar-refractivity contribution in [1.29, 1.82) is 0 Å². The van der Waals surface area contributed by atoms with Gasteiger partial charge in [0.2, 0.25) is 0 Å². The summed E-state index contributed by atoms with van der Waals surface area (Å²) in [4.78, 5) is 33.2. The number of nitrogens with one attached hydrogen (secondary N) is 3. The molecule has 0 aliphatic carbocycles. The van der Waals surface area contributed by atoms with E-state index in [1.165, 1.54) is 40.9 Å². The van der Waals surface area contributed by atoms with Crippen molar-refractivity contribution < 1.29 is 14.3 Å². The quantitative estimate of drug-likeness (QED) is 0.0528. The third-order valence-electron chi connectivity index (χ3n) is 8.18. The lowest BCUT2D eigenvalue weighted by Gasteiger charge is -2.08. The number of fused-ring (bicyclic) bond motifs is 2. The van der Waals surface area contributed by atoms with E-state index in [0.717, 1.165) is 54.0 Å². The Kier molecular flexibility index (Phi) is 10.3. The van der Waals surface area contributed by atoms with Crippen LogP contribution >= 0.6 is 22.7 Å². The van der Waals surface area contributed by atoms with Crippen molar-refractivity contribution in [2.75, 3.05) is 17.7 Å². The van der Waals surface area contributed by atoms with Gasteiger partial charge >= 0.3 is 5.97 Å². The first-order valence-electron chi connectivity index (χ1n) is 16.2. The molecule has 0 aliphatic rings. The first-order valence-corrected chi connectivity index (χ1v) is 17.8. The van der Waals surface area contributed by atoms with Crippen LogP contribution in [0.5, 0.6) is 0 Å². The van der Waals surface area contributed by atoms with E-state index in [9.17, 15) is 9.59 Å². The summed E-state index contributed by atoms with van der Waals surface area (Å²) in [6, 6.07) is 40.6. The van der Waals surface area contributed by atoms with E-state index in [1.54, 1.807) is 24.8 Å². The number of aromatic nitrogens is 2. The van der Waals surface area contributed by atoms with Crippen molar-refractivity contribution in [3.8, 4) is 22.3 Å². The third-order valence-corrected chi connectivity index (χ3v) is 10.3. The van der Waals surface area contributed by atoms with Crippen LogP contribution in [0.2, 0.25) is 0 Å². The largest absolute Gasteiger partial charge is 0.465 e. The van der Waals surface area contributed by atoms with E-state index in [1.807, 2.05) is 72.8 Å². The molecule has 0 bridgehead atoms. The molecule has 0 saturated heterocycles. The summed E-state index contributed by atoms with van der Waals surface area (Å²) in [5.74, 6) is 4.59. The standard InChI is InChI=1S/C21H16N2O2S.C20H16N4OS/c1-25-21(24)19-11-17-18(12-22-13-20(17)26-19)23-16-9-7-15(8-10-16)14-5-3-2-4-6-14;21-24-20(25)18-10-16-17(11-22-12-19(16)26-18)23-15-8-6-14(7-9-15)13-4-2-1-3-5-13/h2-13,23H,1H3;1-12,23H,21H2,(H,24,25). The van der Waals surface area contributed by atoms with E-state index < -0.39 is 0 Å². The molecule has 0 unspecified atom stereocenters. The summed E-state index contributed by atoms with van der Waals surface area (Å²) >= 11 is 2.74. The molecular formula is C41H32N6O3S2. The molecule has 8 rings (SSSR count). The second kappa shape index (κ2) is 15.7. The van der Waals surface area contributed by atoms with Gasteiger partial charge in [0.15, 0.2) is 0 Å². The van der Waals surface area contributed by atoms with Crippen LogP contribution in [-0.2, 0) is 4.74 Å². The zero-order valence-corrected chi connectivity index (χ0v) is 29.5. The molecular weight excluding hydrogens is 689 g/mol. The predicted octanol–water partition coefficient (Wildman–Crippen LogP) is 9.80. The van der Waals surface area contributed by atoms with Crippen molar-refractivity contribution in [1.82, 2.24) is 15.4 Å². The normalized spacial score (nSPS) is 10.7. The fraction of sp³-hybridized carbons (Fsp3) is 0.0244. The highest BCUT2D eigenvalue weighted by atomic mass is 32.1. The Morgan fingerprint density at radius 1 is 0.577 bits per heavy atom. The lowest BCUT2D eigenvalue weighted by molar-refractivity contribution is 0.0606. The molecule has 0 saturated carbocycles. The number of nitrogen functional groups attached to an aromatic ring is 1. The number of benzene rings is 4. The lowest BCUT2D eigenvalue weighted by atomic mass is 10.1. The molecule has 9 nitrogen and oxygen atoms in total. The second-order valence-corrected chi connectivity index (χ2v) is 13.7. The van der Waals surface area contributed by atoms with E-state index in [2.05, 4.69) is 74.6 Å². The predicted molar refractivity (Wildman–Crippen MR) is 213 cm³/mol. The first-order chi connectivity index (χ1) is 25.5. The van der Waals surface area contributed by atoms with Crippen molar-refractivity contribution in [2.45, 2.75) is 0 Å². The Labute approximate surface area is 307 Å². The number of carbonyl (C=O) groups is 2. The summed E-state index contributed by atoms with van der Waals surface area (Å²) in [5, 5.41) is 8.66. The number of nitrogens with zero attached hydrogens (tertiary/aromatic N) is 2. The molecule has 0 radical (unpaired) electrons. The van der Waals surface area contributed by atoms with Crippen molar-refractivity contribution in [3.05, 3.63) is 156 Å². The minimum Gasteiger partial charge on any atom is -0.465 e. The monoisotopic (exact) mass is 720 g/mol. The zero-order chi connectivity index (χ0) is 35.9. The molecule has 4 aromatic carbocycles. The van der Waals surface area contributed by atoms with Gasteiger partial charge in [0, 0.05) is 34.5 Å². The number of thiophene rings is 2. The van der Waals surface area contributed by atoms with E-state index in [-0.39, 0.29) is 11.9 Å². The Morgan fingerprint density at radius 3 is 1.44 bits per heavy atom. The van der Waals surface area contributed by atoms with Gasteiger partial charge in [0.1, 0.15) is 4.88 Å². The van der Waals surface area contributed by atoms with Crippen LogP contribution in [0.25, 0.3) is 42.4 Å². The van der Waals surface area contributed by atoms with Gasteiger partial charge < -0.3 is 15.4 Å². The second-order valence-electron chi connectivity index (χ2n) is 11.5. The van der Waals surface area contributed by atoms with Crippen LogP contribution in [-0.4, -0.2) is 29.0 Å². The van der Waals surface area contributed by atoms with Crippen LogP contribution < -0.4 is 21.9 Å². The van der Waals surface area contributed by atoms with Gasteiger partial charge in [-0.2, -0.15) is 0 Å². The van der Waals surface area contributed by atoms with E-state index >= 15 is 0 Å². The van der Waals surface area contributed by atoms with Gasteiger partial charge in [-0.1, -0.05) is 84.9 Å². The van der Waals surface area contributed by atoms with Gasteiger partial charge in [-0.3, -0.25) is 20.2 Å². The molecule has 4 aromatic heterocycles. The number of ether oxygens (including phenoxy) is 1. The first kappa shape index (κ1) is 34.1. The molecule has 256 valence electrons. The van der Waals surface area contributed by atoms with Crippen molar-refractivity contribution in [2.24, 2.45) is 5.84 Å². The van der Waals surface area contributed by atoms with Gasteiger partial charge in [0.25, 0.3) is 5.91 Å². The maximum Gasteiger partial charge on any atom is 0.348 e. The SMILES string of the molecule is COC(=O)c1cc2c(Nc3ccc(-c4ccccc4)cc3)cncc2s1.NNC(=O)c1cc2c(Nc3ccc(-c4ccccc4)cc3)cncc2s1. The number of pyridine rings is 2. The fourth-order valence-electron chi connectivity index (χ4n) is 5.57. The molecule has 0 aliphatic heterocycles. The fourth-order valence-corrected chi connectivity index (χ4v) is 7.50. The molecule has 52 heavy (non-hydrogen) atoms. The van der Waals surface area contributed by atoms with Crippen LogP contribution in [0.4, 0.5) is 22.7 Å². The number of carbonyl (C=O) groups excluding carboxylic acids is 2. The maximum absolute atomic E-state index is 11.8. The number of nitrogens with two attached hydrogens (primary N) is 1. The van der Waals surface area contributed by atoms with Crippen molar-refractivity contribution in [3.63, 3.8) is 0 Å². The van der Waals surface area contributed by atoms with Gasteiger partial charge in [0.05, 0.1) is 45.2 Å². The van der Waals surface area contributed by atoms with Gasteiger partial charge in [-0.25, -0.2) is 10.6 Å². The maximum atomic E-state index is 11.8. The van der Waals surface area contributed by atoms with Crippen LogP contribution in [0.15, 0.2) is 146 Å². The van der Waals surface area contributed by atoms with Gasteiger partial charge in [-0.15, -0.1) is 22.7 Å². The van der Waals surface area contributed by atoms with Crippen LogP contribution in [0, 0.1) is 0 Å². The average molecular weight is 721 g/mol. The van der Waals surface area contributed by atoms with Crippen molar-refractivity contribution >= 4 is 77.5 Å². The summed E-state index contributed by atoms with van der Waals surface area (Å²) in [6.07, 6.45) is 7.03. The highest BCUT2D eigenvalue weighted by Crippen LogP contribution is 2.34.